The fourth-order valence-corrected chi connectivity index (χ4v) is 4.00. The second kappa shape index (κ2) is 8.41. The minimum atomic E-state index is -0.712. The summed E-state index contributed by atoms with van der Waals surface area (Å²) >= 11 is 0. The summed E-state index contributed by atoms with van der Waals surface area (Å²) in [6, 6.07) is 21.9. The van der Waals surface area contributed by atoms with Gasteiger partial charge in [-0.05, 0) is 35.7 Å². The molecule has 2 amide bonds. The Morgan fingerprint density at radius 1 is 0.967 bits per heavy atom. The first-order valence-corrected chi connectivity index (χ1v) is 10.1. The summed E-state index contributed by atoms with van der Waals surface area (Å²) in [5, 5.41) is 3.00. The summed E-state index contributed by atoms with van der Waals surface area (Å²) in [5.74, 6) is 0.350. The highest BCUT2D eigenvalue weighted by molar-refractivity contribution is 6.16. The van der Waals surface area contributed by atoms with Crippen LogP contribution in [0, 0.1) is 0 Å². The lowest BCUT2D eigenvalue weighted by atomic mass is 10.0. The van der Waals surface area contributed by atoms with Gasteiger partial charge in [0, 0.05) is 23.4 Å². The minimum absolute atomic E-state index is 0.149. The SMILES string of the molecule is CCc1ccccc1N1C(=O)c2ccccc2[C@H]1C(=O)NCc1ccccc1OC. The third-order valence-electron chi connectivity index (χ3n) is 5.49. The van der Waals surface area contributed by atoms with E-state index in [1.54, 1.807) is 18.1 Å². The number of carbonyl (C=O) groups excluding carboxylic acids is 2. The van der Waals surface area contributed by atoms with Gasteiger partial charge in [-0.1, -0.05) is 61.5 Å². The molecule has 0 saturated heterocycles. The molecule has 0 aliphatic carbocycles. The Hall–Kier alpha value is -3.60. The highest BCUT2D eigenvalue weighted by Crippen LogP contribution is 2.39. The third-order valence-corrected chi connectivity index (χ3v) is 5.49. The van der Waals surface area contributed by atoms with Crippen LogP contribution >= 0.6 is 0 Å². The van der Waals surface area contributed by atoms with E-state index >= 15 is 0 Å². The number of para-hydroxylation sites is 2. The van der Waals surface area contributed by atoms with E-state index in [0.29, 0.717) is 17.9 Å². The summed E-state index contributed by atoms with van der Waals surface area (Å²) in [5.41, 5.74) is 3.98. The molecular weight excluding hydrogens is 376 g/mol. The molecule has 0 unspecified atom stereocenters. The Kier molecular flexibility index (Phi) is 5.53. The van der Waals surface area contributed by atoms with Gasteiger partial charge in [0.15, 0.2) is 0 Å². The summed E-state index contributed by atoms with van der Waals surface area (Å²) < 4.78 is 5.38. The molecule has 30 heavy (non-hydrogen) atoms. The van der Waals surface area contributed by atoms with Crippen molar-refractivity contribution in [2.24, 2.45) is 0 Å². The van der Waals surface area contributed by atoms with Crippen LogP contribution in [0.2, 0.25) is 0 Å². The number of nitrogens with zero attached hydrogens (tertiary/aromatic N) is 1. The zero-order valence-electron chi connectivity index (χ0n) is 17.1. The number of hydrogen-bond donors (Lipinski definition) is 1. The summed E-state index contributed by atoms with van der Waals surface area (Å²) in [4.78, 5) is 28.3. The van der Waals surface area contributed by atoms with Crippen molar-refractivity contribution in [3.8, 4) is 5.75 Å². The molecule has 1 heterocycles. The van der Waals surface area contributed by atoms with Crippen LogP contribution in [0.25, 0.3) is 0 Å². The number of methoxy groups -OCH3 is 1. The van der Waals surface area contributed by atoms with Gasteiger partial charge in [0.25, 0.3) is 5.91 Å². The molecule has 3 aromatic rings. The highest BCUT2D eigenvalue weighted by Gasteiger charge is 2.42. The largest absolute Gasteiger partial charge is 0.496 e. The van der Waals surface area contributed by atoms with Crippen molar-refractivity contribution in [2.45, 2.75) is 25.9 Å². The molecule has 1 aliphatic heterocycles. The van der Waals surface area contributed by atoms with Gasteiger partial charge in [0.05, 0.1) is 7.11 Å². The molecule has 1 aliphatic rings. The number of amides is 2. The van der Waals surface area contributed by atoms with E-state index in [9.17, 15) is 9.59 Å². The second-order valence-corrected chi connectivity index (χ2v) is 7.18. The van der Waals surface area contributed by atoms with Gasteiger partial charge >= 0.3 is 0 Å². The van der Waals surface area contributed by atoms with Crippen molar-refractivity contribution in [2.75, 3.05) is 12.0 Å². The van der Waals surface area contributed by atoms with Crippen LogP contribution < -0.4 is 15.0 Å². The Balaban J connectivity index is 1.69. The molecule has 152 valence electrons. The van der Waals surface area contributed by atoms with Crippen LogP contribution in [-0.2, 0) is 17.8 Å². The topological polar surface area (TPSA) is 58.6 Å². The number of rotatable bonds is 6. The number of carbonyl (C=O) groups is 2. The summed E-state index contributed by atoms with van der Waals surface area (Å²) in [7, 11) is 1.61. The Bertz CT molecular complexity index is 1090. The van der Waals surface area contributed by atoms with E-state index in [4.69, 9.17) is 4.74 Å². The van der Waals surface area contributed by atoms with E-state index < -0.39 is 6.04 Å². The molecule has 4 rings (SSSR count). The lowest BCUT2D eigenvalue weighted by Crippen LogP contribution is -2.39. The van der Waals surface area contributed by atoms with Gasteiger partial charge in [-0.25, -0.2) is 0 Å². The maximum absolute atomic E-state index is 13.4. The average molecular weight is 400 g/mol. The first-order chi connectivity index (χ1) is 14.7. The maximum Gasteiger partial charge on any atom is 0.259 e. The van der Waals surface area contributed by atoms with E-state index in [-0.39, 0.29) is 11.8 Å². The summed E-state index contributed by atoms with van der Waals surface area (Å²) in [6.07, 6.45) is 0.770. The van der Waals surface area contributed by atoms with Crippen molar-refractivity contribution in [3.63, 3.8) is 0 Å². The zero-order valence-corrected chi connectivity index (χ0v) is 17.1. The van der Waals surface area contributed by atoms with Crippen LogP contribution in [0.1, 0.15) is 40.0 Å². The quantitative estimate of drug-likeness (QED) is 0.672. The fourth-order valence-electron chi connectivity index (χ4n) is 4.00. The van der Waals surface area contributed by atoms with Gasteiger partial charge < -0.3 is 10.1 Å². The Labute approximate surface area is 176 Å². The first kappa shape index (κ1) is 19.7. The van der Waals surface area contributed by atoms with Crippen molar-refractivity contribution in [1.82, 2.24) is 5.32 Å². The van der Waals surface area contributed by atoms with E-state index in [1.807, 2.05) is 73.7 Å². The number of fused-ring (bicyclic) bond motifs is 1. The Morgan fingerprint density at radius 2 is 1.63 bits per heavy atom. The molecule has 0 fully saturated rings. The van der Waals surface area contributed by atoms with Gasteiger partial charge in [0.2, 0.25) is 5.91 Å². The molecule has 0 aromatic heterocycles. The van der Waals surface area contributed by atoms with Gasteiger partial charge in [-0.2, -0.15) is 0 Å². The van der Waals surface area contributed by atoms with Gasteiger partial charge in [0.1, 0.15) is 11.8 Å². The molecule has 0 spiro atoms. The number of hydrogen-bond acceptors (Lipinski definition) is 3. The molecule has 0 radical (unpaired) electrons. The van der Waals surface area contributed by atoms with E-state index in [0.717, 1.165) is 28.8 Å². The Morgan fingerprint density at radius 3 is 2.40 bits per heavy atom. The predicted molar refractivity (Wildman–Crippen MR) is 117 cm³/mol. The fraction of sp³-hybridized carbons (Fsp3) is 0.200. The number of ether oxygens (including phenoxy) is 1. The second-order valence-electron chi connectivity index (χ2n) is 7.18. The van der Waals surface area contributed by atoms with E-state index in [2.05, 4.69) is 5.32 Å². The first-order valence-electron chi connectivity index (χ1n) is 10.1. The smallest absolute Gasteiger partial charge is 0.259 e. The molecule has 0 bridgehead atoms. The molecule has 5 nitrogen and oxygen atoms in total. The van der Waals surface area contributed by atoms with Crippen LogP contribution in [0.4, 0.5) is 5.69 Å². The van der Waals surface area contributed by atoms with E-state index in [1.165, 1.54) is 0 Å². The zero-order chi connectivity index (χ0) is 21.1. The molecule has 1 atom stereocenters. The highest BCUT2D eigenvalue weighted by atomic mass is 16.5. The third kappa shape index (κ3) is 3.43. The van der Waals surface area contributed by atoms with Gasteiger partial charge in [-0.3, -0.25) is 14.5 Å². The predicted octanol–water partition coefficient (Wildman–Crippen LogP) is 4.28. The van der Waals surface area contributed by atoms with Crippen molar-refractivity contribution in [1.29, 1.82) is 0 Å². The number of nitrogens with one attached hydrogen (secondary N) is 1. The maximum atomic E-state index is 13.4. The monoisotopic (exact) mass is 400 g/mol. The lowest BCUT2D eigenvalue weighted by molar-refractivity contribution is -0.122. The minimum Gasteiger partial charge on any atom is -0.496 e. The van der Waals surface area contributed by atoms with Crippen molar-refractivity contribution < 1.29 is 14.3 Å². The van der Waals surface area contributed by atoms with Gasteiger partial charge in [-0.15, -0.1) is 0 Å². The molecule has 3 aromatic carbocycles. The molecule has 1 N–H and O–H groups in total. The van der Waals surface area contributed by atoms with Crippen molar-refractivity contribution >= 4 is 17.5 Å². The van der Waals surface area contributed by atoms with Crippen LogP contribution in [-0.4, -0.2) is 18.9 Å². The normalized spacial score (nSPS) is 15.1. The number of benzene rings is 3. The average Bonchev–Trinajstić information content (AvgIpc) is 3.10. The standard InChI is InChI=1S/C25H24N2O3/c1-3-17-10-4-8-14-21(17)27-23(19-12-6-7-13-20(19)25(27)29)24(28)26-16-18-11-5-9-15-22(18)30-2/h4-15,23H,3,16H2,1-2H3,(H,26,28)/t23-/m0/s1. The summed E-state index contributed by atoms with van der Waals surface area (Å²) in [6.45, 7) is 2.36. The lowest BCUT2D eigenvalue weighted by Gasteiger charge is -2.27. The van der Waals surface area contributed by atoms with Crippen LogP contribution in [0.5, 0.6) is 5.75 Å². The van der Waals surface area contributed by atoms with Crippen LogP contribution in [0.15, 0.2) is 72.8 Å². The molecule has 5 heteroatoms. The van der Waals surface area contributed by atoms with Crippen LogP contribution in [0.3, 0.4) is 0 Å². The number of anilines is 1. The van der Waals surface area contributed by atoms with Crippen molar-refractivity contribution in [3.05, 3.63) is 95.1 Å². The molecule has 0 saturated carbocycles. The number of aryl methyl sites for hydroxylation is 1. The molecular formula is C25H24N2O3.